The highest BCUT2D eigenvalue weighted by atomic mass is 16.5. The maximum absolute atomic E-state index is 12.4. The van der Waals surface area contributed by atoms with Crippen molar-refractivity contribution in [2.45, 2.75) is 20.3 Å². The van der Waals surface area contributed by atoms with Crippen LogP contribution in [-0.2, 0) is 11.2 Å². The van der Waals surface area contributed by atoms with Crippen molar-refractivity contribution in [2.75, 3.05) is 18.5 Å². The fraction of sp³-hybridized carbons (Fsp3) is 0.353. The van der Waals surface area contributed by atoms with E-state index in [0.717, 1.165) is 17.1 Å². The number of carbonyl (C=O) groups is 1. The molecule has 2 aromatic rings. The van der Waals surface area contributed by atoms with Gasteiger partial charge in [0.05, 0.1) is 12.5 Å². The standard InChI is InChI=1S/C17H19N3O4/c1-3-23-13-4-5-14-11(8-13)7-12(9-24-14)16(21)19-15-6-10(2)18-17(22)20-15/h4-6,8,12H,3,7,9H2,1-2H3,(H2,18,19,20,21,22)/t12-/m0/s1. The van der Waals surface area contributed by atoms with Crippen LogP contribution in [0.1, 0.15) is 18.2 Å². The molecule has 1 aromatic carbocycles. The number of anilines is 1. The summed E-state index contributed by atoms with van der Waals surface area (Å²) in [4.78, 5) is 30.1. The number of aromatic amines is 1. The summed E-state index contributed by atoms with van der Waals surface area (Å²) in [6.45, 7) is 4.52. The van der Waals surface area contributed by atoms with Crippen LogP contribution in [0.25, 0.3) is 0 Å². The lowest BCUT2D eigenvalue weighted by Gasteiger charge is -2.25. The maximum atomic E-state index is 12.4. The van der Waals surface area contributed by atoms with Gasteiger partial charge in [0.1, 0.15) is 23.9 Å². The van der Waals surface area contributed by atoms with Gasteiger partial charge in [0, 0.05) is 11.8 Å². The third-order valence-corrected chi connectivity index (χ3v) is 3.75. The molecule has 1 aliphatic rings. The number of benzene rings is 1. The zero-order valence-electron chi connectivity index (χ0n) is 13.6. The smallest absolute Gasteiger partial charge is 0.347 e. The highest BCUT2D eigenvalue weighted by Crippen LogP contribution is 2.31. The van der Waals surface area contributed by atoms with Crippen molar-refractivity contribution in [3.05, 3.63) is 46.0 Å². The lowest BCUT2D eigenvalue weighted by Crippen LogP contribution is -2.33. The van der Waals surface area contributed by atoms with E-state index >= 15 is 0 Å². The van der Waals surface area contributed by atoms with Crippen molar-refractivity contribution in [1.82, 2.24) is 9.97 Å². The Kier molecular flexibility index (Phi) is 4.50. The number of hydrogen-bond donors (Lipinski definition) is 2. The van der Waals surface area contributed by atoms with E-state index in [1.807, 2.05) is 25.1 Å². The van der Waals surface area contributed by atoms with Gasteiger partial charge >= 0.3 is 5.69 Å². The molecule has 1 amide bonds. The van der Waals surface area contributed by atoms with Gasteiger partial charge in [0.25, 0.3) is 0 Å². The van der Waals surface area contributed by atoms with Gasteiger partial charge in [-0.15, -0.1) is 0 Å². The van der Waals surface area contributed by atoms with Crippen LogP contribution in [0.4, 0.5) is 5.82 Å². The van der Waals surface area contributed by atoms with E-state index < -0.39 is 5.69 Å². The summed E-state index contributed by atoms with van der Waals surface area (Å²) in [6, 6.07) is 7.22. The average molecular weight is 329 g/mol. The summed E-state index contributed by atoms with van der Waals surface area (Å²) in [5.74, 6) is 1.20. The summed E-state index contributed by atoms with van der Waals surface area (Å²) in [6.07, 6.45) is 0.546. The Morgan fingerprint density at radius 1 is 1.46 bits per heavy atom. The molecule has 24 heavy (non-hydrogen) atoms. The van der Waals surface area contributed by atoms with Crippen LogP contribution in [0, 0.1) is 12.8 Å². The summed E-state index contributed by atoms with van der Waals surface area (Å²) in [5, 5.41) is 2.68. The third kappa shape index (κ3) is 3.56. The third-order valence-electron chi connectivity index (χ3n) is 3.75. The number of aryl methyl sites for hydroxylation is 1. The fourth-order valence-electron chi connectivity index (χ4n) is 2.67. The molecule has 0 saturated heterocycles. The van der Waals surface area contributed by atoms with Crippen LogP contribution < -0.4 is 20.5 Å². The SMILES string of the molecule is CCOc1ccc2c(c1)C[C@H](C(=O)Nc1cc(C)[nH]c(=O)n1)CO2. The van der Waals surface area contributed by atoms with Crippen LogP contribution >= 0.6 is 0 Å². The van der Waals surface area contributed by atoms with E-state index in [9.17, 15) is 9.59 Å². The minimum absolute atomic E-state index is 0.222. The summed E-state index contributed by atoms with van der Waals surface area (Å²) in [5.41, 5.74) is 1.08. The molecule has 1 aliphatic heterocycles. The molecule has 7 nitrogen and oxygen atoms in total. The van der Waals surface area contributed by atoms with Crippen LogP contribution in [0.2, 0.25) is 0 Å². The molecule has 0 radical (unpaired) electrons. The van der Waals surface area contributed by atoms with E-state index in [-0.39, 0.29) is 24.2 Å². The monoisotopic (exact) mass is 329 g/mol. The second-order valence-corrected chi connectivity index (χ2v) is 5.66. The summed E-state index contributed by atoms with van der Waals surface area (Å²) >= 11 is 0. The molecule has 1 atom stereocenters. The number of rotatable bonds is 4. The number of fused-ring (bicyclic) bond motifs is 1. The van der Waals surface area contributed by atoms with E-state index in [4.69, 9.17) is 9.47 Å². The van der Waals surface area contributed by atoms with Gasteiger partial charge in [-0.05, 0) is 44.0 Å². The number of hydrogen-bond acceptors (Lipinski definition) is 5. The van der Waals surface area contributed by atoms with Crippen molar-refractivity contribution < 1.29 is 14.3 Å². The molecule has 0 saturated carbocycles. The van der Waals surface area contributed by atoms with E-state index in [0.29, 0.717) is 18.7 Å². The molecule has 0 aliphatic carbocycles. The number of carbonyl (C=O) groups excluding carboxylic acids is 1. The Balaban J connectivity index is 1.73. The summed E-state index contributed by atoms with van der Waals surface area (Å²) < 4.78 is 11.2. The number of amides is 1. The van der Waals surface area contributed by atoms with Crippen molar-refractivity contribution in [3.8, 4) is 11.5 Å². The first-order valence-corrected chi connectivity index (χ1v) is 7.82. The molecule has 0 bridgehead atoms. The van der Waals surface area contributed by atoms with Gasteiger partial charge in [-0.25, -0.2) is 4.79 Å². The molecule has 126 valence electrons. The lowest BCUT2D eigenvalue weighted by atomic mass is 9.96. The van der Waals surface area contributed by atoms with Gasteiger partial charge in [-0.2, -0.15) is 4.98 Å². The van der Waals surface area contributed by atoms with Gasteiger partial charge in [-0.3, -0.25) is 4.79 Å². The molecule has 1 aromatic heterocycles. The Hall–Kier alpha value is -2.83. The predicted molar refractivity (Wildman–Crippen MR) is 88.5 cm³/mol. The maximum Gasteiger partial charge on any atom is 0.347 e. The largest absolute Gasteiger partial charge is 0.494 e. The van der Waals surface area contributed by atoms with E-state index in [2.05, 4.69) is 15.3 Å². The quantitative estimate of drug-likeness (QED) is 0.890. The van der Waals surface area contributed by atoms with Gasteiger partial charge in [0.15, 0.2) is 0 Å². The predicted octanol–water partition coefficient (Wildman–Crippen LogP) is 1.67. The van der Waals surface area contributed by atoms with Crippen molar-refractivity contribution in [3.63, 3.8) is 0 Å². The van der Waals surface area contributed by atoms with Gasteiger partial charge < -0.3 is 19.8 Å². The molecule has 7 heteroatoms. The molecular weight excluding hydrogens is 310 g/mol. The Morgan fingerprint density at radius 2 is 2.29 bits per heavy atom. The Morgan fingerprint density at radius 3 is 3.04 bits per heavy atom. The Bertz CT molecular complexity index is 816. The van der Waals surface area contributed by atoms with Crippen molar-refractivity contribution in [1.29, 1.82) is 0 Å². The summed E-state index contributed by atoms with van der Waals surface area (Å²) in [7, 11) is 0. The molecule has 2 heterocycles. The van der Waals surface area contributed by atoms with E-state index in [1.165, 1.54) is 0 Å². The first kappa shape index (κ1) is 16.0. The highest BCUT2D eigenvalue weighted by molar-refractivity contribution is 5.92. The molecular formula is C17H19N3O4. The highest BCUT2D eigenvalue weighted by Gasteiger charge is 2.26. The normalized spacial score (nSPS) is 16.0. The number of H-pyrrole nitrogens is 1. The first-order valence-electron chi connectivity index (χ1n) is 7.82. The van der Waals surface area contributed by atoms with Crippen molar-refractivity contribution in [2.24, 2.45) is 5.92 Å². The number of nitrogens with zero attached hydrogens (tertiary/aromatic N) is 1. The van der Waals surface area contributed by atoms with Crippen LogP contribution in [-0.4, -0.2) is 29.1 Å². The van der Waals surface area contributed by atoms with Gasteiger partial charge in [0.2, 0.25) is 5.91 Å². The second kappa shape index (κ2) is 6.74. The fourth-order valence-corrected chi connectivity index (χ4v) is 2.67. The Labute approximate surface area is 139 Å². The van der Waals surface area contributed by atoms with Crippen LogP contribution in [0.15, 0.2) is 29.1 Å². The minimum Gasteiger partial charge on any atom is -0.494 e. The van der Waals surface area contributed by atoms with Gasteiger partial charge in [-0.1, -0.05) is 0 Å². The number of aromatic nitrogens is 2. The second-order valence-electron chi connectivity index (χ2n) is 5.66. The minimum atomic E-state index is -0.489. The van der Waals surface area contributed by atoms with Crippen LogP contribution in [0.5, 0.6) is 11.5 Å². The zero-order valence-corrected chi connectivity index (χ0v) is 13.6. The first-order chi connectivity index (χ1) is 11.5. The molecule has 2 N–H and O–H groups in total. The molecule has 0 unspecified atom stereocenters. The molecule has 0 fully saturated rings. The molecule has 0 spiro atoms. The lowest BCUT2D eigenvalue weighted by molar-refractivity contribution is -0.121. The van der Waals surface area contributed by atoms with Crippen molar-refractivity contribution >= 4 is 11.7 Å². The number of nitrogens with one attached hydrogen (secondary N) is 2. The zero-order chi connectivity index (χ0) is 17.1. The topological polar surface area (TPSA) is 93.3 Å². The average Bonchev–Trinajstić information content (AvgIpc) is 2.53. The van der Waals surface area contributed by atoms with Crippen LogP contribution in [0.3, 0.4) is 0 Å². The number of ether oxygens (including phenoxy) is 2. The molecule has 3 rings (SSSR count). The van der Waals surface area contributed by atoms with E-state index in [1.54, 1.807) is 13.0 Å².